The lowest BCUT2D eigenvalue weighted by Gasteiger charge is -2.27. The normalized spacial score (nSPS) is 30.1. The highest BCUT2D eigenvalue weighted by molar-refractivity contribution is 5.12. The molecule has 0 amide bonds. The maximum absolute atomic E-state index is 5.57. The van der Waals surface area contributed by atoms with Crippen molar-refractivity contribution >= 4 is 0 Å². The van der Waals surface area contributed by atoms with Gasteiger partial charge in [0.15, 0.2) is 0 Å². The van der Waals surface area contributed by atoms with Gasteiger partial charge < -0.3 is 9.30 Å². The van der Waals surface area contributed by atoms with E-state index in [1.54, 1.807) is 0 Å². The minimum absolute atomic E-state index is 0.535. The fourth-order valence-corrected chi connectivity index (χ4v) is 2.90. The number of imidazole rings is 1. The van der Waals surface area contributed by atoms with Crippen molar-refractivity contribution < 1.29 is 4.74 Å². The van der Waals surface area contributed by atoms with Crippen LogP contribution in [0.1, 0.15) is 43.6 Å². The zero-order chi connectivity index (χ0) is 11.0. The molecule has 2 atom stereocenters. The Morgan fingerprint density at radius 3 is 3.19 bits per heavy atom. The van der Waals surface area contributed by atoms with E-state index >= 15 is 0 Å². The fourth-order valence-electron chi connectivity index (χ4n) is 2.90. The Bertz CT molecular complexity index is 366. The molecule has 0 N–H and O–H groups in total. The molecule has 2 aliphatic rings. The third-order valence-electron chi connectivity index (χ3n) is 3.88. The zero-order valence-corrected chi connectivity index (χ0v) is 9.98. The summed E-state index contributed by atoms with van der Waals surface area (Å²) in [5.74, 6) is 2.61. The molecule has 1 saturated heterocycles. The Hall–Kier alpha value is -0.830. The van der Waals surface area contributed by atoms with Gasteiger partial charge >= 0.3 is 0 Å². The maximum atomic E-state index is 5.57. The number of nitrogens with zero attached hydrogens (tertiary/aromatic N) is 2. The number of hydrogen-bond acceptors (Lipinski definition) is 2. The van der Waals surface area contributed by atoms with Gasteiger partial charge in [-0.3, -0.25) is 0 Å². The van der Waals surface area contributed by atoms with Gasteiger partial charge in [-0.2, -0.15) is 0 Å². The van der Waals surface area contributed by atoms with E-state index in [4.69, 9.17) is 4.74 Å². The number of aromatic nitrogens is 2. The highest BCUT2D eigenvalue weighted by Gasteiger charge is 2.25. The van der Waals surface area contributed by atoms with Crippen molar-refractivity contribution in [2.75, 3.05) is 13.2 Å². The summed E-state index contributed by atoms with van der Waals surface area (Å²) >= 11 is 0. The summed E-state index contributed by atoms with van der Waals surface area (Å²) in [6, 6.07) is 0. The van der Waals surface area contributed by atoms with Crippen LogP contribution in [0.4, 0.5) is 0 Å². The summed E-state index contributed by atoms with van der Waals surface area (Å²) in [5.41, 5.74) is 1.43. The van der Waals surface area contributed by atoms with Crippen LogP contribution in [0.15, 0.2) is 6.20 Å². The molecule has 0 radical (unpaired) electrons. The van der Waals surface area contributed by atoms with E-state index < -0.39 is 0 Å². The summed E-state index contributed by atoms with van der Waals surface area (Å²) in [6.07, 6.45) is 7.01. The zero-order valence-electron chi connectivity index (χ0n) is 9.98. The molecule has 3 rings (SSSR count). The Morgan fingerprint density at radius 1 is 1.44 bits per heavy atom. The third-order valence-corrected chi connectivity index (χ3v) is 3.88. The van der Waals surface area contributed by atoms with Crippen LogP contribution in [0.2, 0.25) is 0 Å². The van der Waals surface area contributed by atoms with Crippen molar-refractivity contribution in [2.45, 2.75) is 45.1 Å². The van der Waals surface area contributed by atoms with E-state index in [0.717, 1.165) is 25.7 Å². The lowest BCUT2D eigenvalue weighted by molar-refractivity contribution is 0.0765. The third kappa shape index (κ3) is 1.77. The molecule has 0 bridgehead atoms. The molecule has 1 aromatic heterocycles. The van der Waals surface area contributed by atoms with Crippen LogP contribution in [0.3, 0.4) is 0 Å². The molecule has 3 heteroatoms. The van der Waals surface area contributed by atoms with E-state index in [1.165, 1.54) is 37.2 Å². The van der Waals surface area contributed by atoms with Gasteiger partial charge in [-0.05, 0) is 31.6 Å². The van der Waals surface area contributed by atoms with E-state index in [2.05, 4.69) is 22.7 Å². The molecule has 0 saturated carbocycles. The van der Waals surface area contributed by atoms with Gasteiger partial charge in [-0.15, -0.1) is 0 Å². The van der Waals surface area contributed by atoms with Crippen LogP contribution in [-0.2, 0) is 17.7 Å². The molecule has 16 heavy (non-hydrogen) atoms. The van der Waals surface area contributed by atoms with Crippen LogP contribution in [-0.4, -0.2) is 22.8 Å². The smallest absolute Gasteiger partial charge is 0.114 e. The van der Waals surface area contributed by atoms with Crippen LogP contribution < -0.4 is 0 Å². The summed E-state index contributed by atoms with van der Waals surface area (Å²) in [7, 11) is 0. The van der Waals surface area contributed by atoms with Crippen molar-refractivity contribution in [3.8, 4) is 0 Å². The van der Waals surface area contributed by atoms with Crippen LogP contribution >= 0.6 is 0 Å². The highest BCUT2D eigenvalue weighted by Crippen LogP contribution is 2.29. The number of hydrogen-bond donors (Lipinski definition) is 0. The number of aryl methyl sites for hydroxylation is 1. The van der Waals surface area contributed by atoms with Gasteiger partial charge in [-0.1, -0.05) is 6.92 Å². The molecule has 88 valence electrons. The Morgan fingerprint density at radius 2 is 2.38 bits per heavy atom. The predicted molar refractivity (Wildman–Crippen MR) is 62.5 cm³/mol. The van der Waals surface area contributed by atoms with Gasteiger partial charge in [0.2, 0.25) is 0 Å². The van der Waals surface area contributed by atoms with Crippen molar-refractivity contribution in [2.24, 2.45) is 5.92 Å². The molecule has 1 fully saturated rings. The van der Waals surface area contributed by atoms with Crippen LogP contribution in [0, 0.1) is 5.92 Å². The minimum Gasteiger partial charge on any atom is -0.381 e. The average molecular weight is 220 g/mol. The minimum atomic E-state index is 0.535. The van der Waals surface area contributed by atoms with Crippen molar-refractivity contribution in [1.29, 1.82) is 0 Å². The van der Waals surface area contributed by atoms with Crippen molar-refractivity contribution in [3.63, 3.8) is 0 Å². The molecular weight excluding hydrogens is 200 g/mol. The summed E-state index contributed by atoms with van der Waals surface area (Å²) < 4.78 is 8.02. The lowest BCUT2D eigenvalue weighted by Crippen LogP contribution is -2.24. The van der Waals surface area contributed by atoms with Gasteiger partial charge in [0.1, 0.15) is 5.82 Å². The summed E-state index contributed by atoms with van der Waals surface area (Å²) in [4.78, 5) is 4.64. The quantitative estimate of drug-likeness (QED) is 0.726. The molecular formula is C13H20N2O. The maximum Gasteiger partial charge on any atom is 0.114 e. The van der Waals surface area contributed by atoms with Gasteiger partial charge in [-0.25, -0.2) is 4.98 Å². The number of rotatable bonds is 1. The molecule has 0 aromatic carbocycles. The van der Waals surface area contributed by atoms with Gasteiger partial charge in [0.05, 0.1) is 6.61 Å². The molecule has 1 aromatic rings. The first kappa shape index (κ1) is 10.3. The highest BCUT2D eigenvalue weighted by atomic mass is 16.5. The second kappa shape index (κ2) is 4.21. The molecule has 2 aliphatic heterocycles. The van der Waals surface area contributed by atoms with E-state index in [9.17, 15) is 0 Å². The van der Waals surface area contributed by atoms with E-state index in [0.29, 0.717) is 5.92 Å². The molecule has 2 unspecified atom stereocenters. The largest absolute Gasteiger partial charge is 0.381 e. The van der Waals surface area contributed by atoms with Crippen LogP contribution in [0.5, 0.6) is 0 Å². The van der Waals surface area contributed by atoms with E-state index in [-0.39, 0.29) is 0 Å². The monoisotopic (exact) mass is 220 g/mol. The molecule has 3 heterocycles. The topological polar surface area (TPSA) is 27.1 Å². The first-order valence-electron chi connectivity index (χ1n) is 6.46. The van der Waals surface area contributed by atoms with Crippen molar-refractivity contribution in [3.05, 3.63) is 17.7 Å². The number of ether oxygens (including phenoxy) is 1. The average Bonchev–Trinajstić information content (AvgIpc) is 2.73. The first-order valence-corrected chi connectivity index (χ1v) is 6.46. The lowest BCUT2D eigenvalue weighted by atomic mass is 9.98. The number of fused-ring (bicyclic) bond motifs is 1. The van der Waals surface area contributed by atoms with Crippen molar-refractivity contribution in [1.82, 2.24) is 9.55 Å². The fraction of sp³-hybridized carbons (Fsp3) is 0.769. The Balaban J connectivity index is 1.86. The predicted octanol–water partition coefficient (Wildman–Crippen LogP) is 2.36. The first-order chi connectivity index (χ1) is 7.84. The standard InChI is InChI=1S/C13H20N2O/c1-10-4-5-12-7-14-13(15(12)8-10)11-3-2-6-16-9-11/h7,10-11H,2-6,8-9H2,1H3. The Kier molecular flexibility index (Phi) is 2.72. The van der Waals surface area contributed by atoms with E-state index in [1.807, 2.05) is 0 Å². The second-order valence-corrected chi connectivity index (χ2v) is 5.28. The summed E-state index contributed by atoms with van der Waals surface area (Å²) in [5, 5.41) is 0. The molecule has 0 spiro atoms. The molecule has 3 nitrogen and oxygen atoms in total. The SMILES string of the molecule is CC1CCc2cnc(C3CCCOC3)n2C1. The summed E-state index contributed by atoms with van der Waals surface area (Å²) in [6.45, 7) is 5.29. The van der Waals surface area contributed by atoms with Gasteiger partial charge in [0.25, 0.3) is 0 Å². The second-order valence-electron chi connectivity index (χ2n) is 5.28. The molecule has 0 aliphatic carbocycles. The van der Waals surface area contributed by atoms with Crippen LogP contribution in [0.25, 0.3) is 0 Å². The Labute approximate surface area is 96.8 Å². The van der Waals surface area contributed by atoms with Gasteiger partial charge in [0, 0.05) is 31.0 Å².